The summed E-state index contributed by atoms with van der Waals surface area (Å²) in [5.41, 5.74) is 0. The fourth-order valence-electron chi connectivity index (χ4n) is 4.15. The Morgan fingerprint density at radius 1 is 1.15 bits per heavy atom. The van der Waals surface area contributed by atoms with Crippen LogP contribution in [0.2, 0.25) is 0 Å². The molecule has 4 unspecified atom stereocenters. The van der Waals surface area contributed by atoms with Gasteiger partial charge in [0.15, 0.2) is 0 Å². The third-order valence-corrected chi connectivity index (χ3v) is 5.25. The summed E-state index contributed by atoms with van der Waals surface area (Å²) >= 11 is 0. The van der Waals surface area contributed by atoms with Gasteiger partial charge in [-0.3, -0.25) is 4.90 Å². The zero-order valence-corrected chi connectivity index (χ0v) is 13.7. The van der Waals surface area contributed by atoms with Crippen LogP contribution in [0.4, 0.5) is 0 Å². The predicted octanol–water partition coefficient (Wildman–Crippen LogP) is 3.04. The van der Waals surface area contributed by atoms with Crippen molar-refractivity contribution >= 4 is 0 Å². The maximum Gasteiger partial charge on any atom is 0.0702 e. The summed E-state index contributed by atoms with van der Waals surface area (Å²) in [5, 5.41) is 3.74. The number of nitrogens with zero attached hydrogens (tertiary/aromatic N) is 1. The zero-order valence-electron chi connectivity index (χ0n) is 13.7. The topological polar surface area (TPSA) is 24.5 Å². The molecule has 0 aromatic heterocycles. The van der Waals surface area contributed by atoms with Gasteiger partial charge in [0.05, 0.1) is 6.10 Å². The average molecular weight is 282 g/mol. The van der Waals surface area contributed by atoms with Gasteiger partial charge in [0, 0.05) is 25.2 Å². The molecule has 1 aliphatic heterocycles. The first kappa shape index (κ1) is 16.3. The molecular weight excluding hydrogens is 248 g/mol. The standard InChI is InChI=1S/C17H34N2O/c1-4-14-9-10-16(18-5-2)17(12-14)19-11-7-8-15(13-19)20-6-3/h14-18H,4-13H2,1-3H3. The van der Waals surface area contributed by atoms with Crippen molar-refractivity contribution in [3.8, 4) is 0 Å². The maximum absolute atomic E-state index is 5.89. The highest BCUT2D eigenvalue weighted by Crippen LogP contribution is 2.32. The van der Waals surface area contributed by atoms with Gasteiger partial charge in [-0.05, 0) is 58.0 Å². The number of hydrogen-bond donors (Lipinski definition) is 1. The lowest BCUT2D eigenvalue weighted by Gasteiger charge is -2.46. The van der Waals surface area contributed by atoms with Crippen LogP contribution < -0.4 is 5.32 Å². The molecule has 1 heterocycles. The van der Waals surface area contributed by atoms with Crippen molar-refractivity contribution in [3.05, 3.63) is 0 Å². The van der Waals surface area contributed by atoms with E-state index in [-0.39, 0.29) is 0 Å². The minimum absolute atomic E-state index is 0.470. The van der Waals surface area contributed by atoms with Gasteiger partial charge in [-0.1, -0.05) is 20.3 Å². The fraction of sp³-hybridized carbons (Fsp3) is 1.00. The second kappa shape index (κ2) is 8.35. The van der Waals surface area contributed by atoms with Gasteiger partial charge >= 0.3 is 0 Å². The van der Waals surface area contributed by atoms with Crippen LogP contribution in [0, 0.1) is 5.92 Å². The molecule has 1 N–H and O–H groups in total. The van der Waals surface area contributed by atoms with Crippen molar-refractivity contribution in [2.75, 3.05) is 26.2 Å². The van der Waals surface area contributed by atoms with Gasteiger partial charge < -0.3 is 10.1 Å². The Kier molecular flexibility index (Phi) is 6.79. The van der Waals surface area contributed by atoms with Crippen molar-refractivity contribution < 1.29 is 4.74 Å². The van der Waals surface area contributed by atoms with Crippen LogP contribution in [-0.2, 0) is 4.74 Å². The molecule has 0 radical (unpaired) electrons. The maximum atomic E-state index is 5.89. The Labute approximate surface area is 125 Å². The van der Waals surface area contributed by atoms with Crippen LogP contribution in [0.15, 0.2) is 0 Å². The molecular formula is C17H34N2O. The Morgan fingerprint density at radius 2 is 2.00 bits per heavy atom. The zero-order chi connectivity index (χ0) is 14.4. The number of likely N-dealkylation sites (tertiary alicyclic amines) is 1. The Bertz CT molecular complexity index is 270. The molecule has 0 bridgehead atoms. The van der Waals surface area contributed by atoms with E-state index in [1.807, 2.05) is 0 Å². The van der Waals surface area contributed by atoms with Crippen molar-refractivity contribution in [3.63, 3.8) is 0 Å². The van der Waals surface area contributed by atoms with E-state index >= 15 is 0 Å². The number of likely N-dealkylation sites (N-methyl/N-ethyl adjacent to an activating group) is 1. The number of hydrogen-bond acceptors (Lipinski definition) is 3. The van der Waals surface area contributed by atoms with Crippen LogP contribution in [0.25, 0.3) is 0 Å². The van der Waals surface area contributed by atoms with Crippen LogP contribution in [0.5, 0.6) is 0 Å². The first-order valence-corrected chi connectivity index (χ1v) is 8.87. The summed E-state index contributed by atoms with van der Waals surface area (Å²) in [6.45, 7) is 11.1. The van der Waals surface area contributed by atoms with E-state index < -0.39 is 0 Å². The fourth-order valence-corrected chi connectivity index (χ4v) is 4.15. The highest BCUT2D eigenvalue weighted by atomic mass is 16.5. The minimum atomic E-state index is 0.470. The molecule has 3 nitrogen and oxygen atoms in total. The van der Waals surface area contributed by atoms with Crippen LogP contribution in [0.1, 0.15) is 59.3 Å². The number of nitrogens with one attached hydrogen (secondary N) is 1. The number of ether oxygens (including phenoxy) is 1. The molecule has 1 aliphatic carbocycles. The predicted molar refractivity (Wildman–Crippen MR) is 85.1 cm³/mol. The number of rotatable bonds is 6. The number of piperidine rings is 1. The van der Waals surface area contributed by atoms with E-state index in [0.717, 1.165) is 31.7 Å². The lowest BCUT2D eigenvalue weighted by Crippen LogP contribution is -2.56. The van der Waals surface area contributed by atoms with Gasteiger partial charge in [0.25, 0.3) is 0 Å². The molecule has 0 amide bonds. The van der Waals surface area contributed by atoms with Gasteiger partial charge in [-0.15, -0.1) is 0 Å². The summed E-state index contributed by atoms with van der Waals surface area (Å²) in [5.74, 6) is 0.933. The van der Waals surface area contributed by atoms with Crippen LogP contribution in [-0.4, -0.2) is 49.3 Å². The largest absolute Gasteiger partial charge is 0.377 e. The molecule has 4 atom stereocenters. The van der Waals surface area contributed by atoms with E-state index in [1.54, 1.807) is 0 Å². The Hall–Kier alpha value is -0.120. The lowest BCUT2D eigenvalue weighted by atomic mass is 9.79. The molecule has 1 saturated carbocycles. The monoisotopic (exact) mass is 282 g/mol. The summed E-state index contributed by atoms with van der Waals surface area (Å²) in [6.07, 6.45) is 8.51. The SMILES string of the molecule is CCNC1CCC(CC)CC1N1CCCC(OCC)C1. The molecule has 0 aromatic rings. The summed E-state index contributed by atoms with van der Waals surface area (Å²) in [7, 11) is 0. The molecule has 0 spiro atoms. The third-order valence-electron chi connectivity index (χ3n) is 5.25. The smallest absolute Gasteiger partial charge is 0.0702 e. The first-order chi connectivity index (χ1) is 9.78. The Morgan fingerprint density at radius 3 is 2.70 bits per heavy atom. The molecule has 2 aliphatic rings. The molecule has 2 rings (SSSR count). The second-order valence-electron chi connectivity index (χ2n) is 6.53. The normalized spacial score (nSPS) is 36.1. The van der Waals surface area contributed by atoms with Gasteiger partial charge in [0.1, 0.15) is 0 Å². The summed E-state index contributed by atoms with van der Waals surface area (Å²) in [4.78, 5) is 2.74. The van der Waals surface area contributed by atoms with E-state index in [1.165, 1.54) is 45.1 Å². The summed E-state index contributed by atoms with van der Waals surface area (Å²) < 4.78 is 5.89. The Balaban J connectivity index is 1.97. The van der Waals surface area contributed by atoms with Crippen LogP contribution >= 0.6 is 0 Å². The molecule has 1 saturated heterocycles. The first-order valence-electron chi connectivity index (χ1n) is 8.87. The highest BCUT2D eigenvalue weighted by molar-refractivity contribution is 4.93. The molecule has 20 heavy (non-hydrogen) atoms. The van der Waals surface area contributed by atoms with Crippen LogP contribution in [0.3, 0.4) is 0 Å². The quantitative estimate of drug-likeness (QED) is 0.810. The van der Waals surface area contributed by atoms with E-state index in [2.05, 4.69) is 31.0 Å². The van der Waals surface area contributed by atoms with Crippen molar-refractivity contribution in [2.24, 2.45) is 5.92 Å². The van der Waals surface area contributed by atoms with E-state index in [9.17, 15) is 0 Å². The highest BCUT2D eigenvalue weighted by Gasteiger charge is 2.35. The van der Waals surface area contributed by atoms with Gasteiger partial charge in [-0.2, -0.15) is 0 Å². The van der Waals surface area contributed by atoms with E-state index in [4.69, 9.17) is 4.74 Å². The van der Waals surface area contributed by atoms with E-state index in [0.29, 0.717) is 12.1 Å². The third kappa shape index (κ3) is 4.19. The minimum Gasteiger partial charge on any atom is -0.377 e. The molecule has 0 aromatic carbocycles. The molecule has 2 fully saturated rings. The molecule has 3 heteroatoms. The lowest BCUT2D eigenvalue weighted by molar-refractivity contribution is -0.0226. The van der Waals surface area contributed by atoms with Gasteiger partial charge in [0.2, 0.25) is 0 Å². The van der Waals surface area contributed by atoms with Gasteiger partial charge in [-0.25, -0.2) is 0 Å². The molecule has 118 valence electrons. The average Bonchev–Trinajstić information content (AvgIpc) is 2.48. The van der Waals surface area contributed by atoms with Crippen molar-refractivity contribution in [2.45, 2.75) is 77.5 Å². The second-order valence-corrected chi connectivity index (χ2v) is 6.53. The van der Waals surface area contributed by atoms with Crippen molar-refractivity contribution in [1.29, 1.82) is 0 Å². The summed E-state index contributed by atoms with van der Waals surface area (Å²) in [6, 6.07) is 1.43. The van der Waals surface area contributed by atoms with Crippen molar-refractivity contribution in [1.82, 2.24) is 10.2 Å².